The van der Waals surface area contributed by atoms with Crippen molar-refractivity contribution in [1.82, 2.24) is 5.32 Å². The van der Waals surface area contributed by atoms with Crippen molar-refractivity contribution in [3.63, 3.8) is 0 Å². The van der Waals surface area contributed by atoms with Crippen LogP contribution in [-0.4, -0.2) is 38.2 Å². The van der Waals surface area contributed by atoms with E-state index in [2.05, 4.69) is 17.4 Å². The average Bonchev–Trinajstić information content (AvgIpc) is 3.28. The molecule has 0 radical (unpaired) electrons. The number of rotatable bonds is 8. The highest BCUT2D eigenvalue weighted by atomic mass is 35.5. The van der Waals surface area contributed by atoms with E-state index in [0.717, 1.165) is 54.8 Å². The van der Waals surface area contributed by atoms with Crippen LogP contribution < -0.4 is 15.8 Å². The Hall–Kier alpha value is -1.60. The molecule has 32 heavy (non-hydrogen) atoms. The standard InChI is InChI=1S/C25H33ClN2O3S/c1-2-13-32(29,30)25(24-7-4-12-28-24)31-20-10-8-18-9-11-23(27)22(21(18)16-20)15-17-5-3-6-19(26)14-17/h3,5-6,8,10,14,16,22-25,28H,2,4,7,9,11-13,15,27H2,1H3/t22?,23?,24?,25-/m1/s1. The molecule has 4 rings (SSSR count). The van der Waals surface area contributed by atoms with Crippen molar-refractivity contribution in [3.05, 3.63) is 64.2 Å². The first-order valence-corrected chi connectivity index (χ1v) is 13.7. The SMILES string of the molecule is CCCS(=O)(=O)[C@@H](Oc1ccc2c(c1)C(Cc1cccc(Cl)c1)C(N)CC2)C1CCCN1. The molecule has 2 aliphatic rings. The Morgan fingerprint density at radius 2 is 2.06 bits per heavy atom. The van der Waals surface area contributed by atoms with Crippen molar-refractivity contribution in [1.29, 1.82) is 0 Å². The normalized spacial score (nSPS) is 24.2. The van der Waals surface area contributed by atoms with Crippen LogP contribution in [-0.2, 0) is 22.7 Å². The van der Waals surface area contributed by atoms with E-state index < -0.39 is 15.3 Å². The van der Waals surface area contributed by atoms with Gasteiger partial charge in [0.25, 0.3) is 0 Å². The number of fused-ring (bicyclic) bond motifs is 1. The summed E-state index contributed by atoms with van der Waals surface area (Å²) in [7, 11) is -3.38. The molecule has 0 spiro atoms. The largest absolute Gasteiger partial charge is 0.473 e. The fraction of sp³-hybridized carbons (Fsp3) is 0.520. The summed E-state index contributed by atoms with van der Waals surface area (Å²) in [5.41, 5.74) is 9.26. The predicted molar refractivity (Wildman–Crippen MR) is 130 cm³/mol. The zero-order valence-corrected chi connectivity index (χ0v) is 20.2. The smallest absolute Gasteiger partial charge is 0.214 e. The van der Waals surface area contributed by atoms with E-state index in [1.54, 1.807) is 0 Å². The second kappa shape index (κ2) is 10.1. The number of nitrogens with two attached hydrogens (primary N) is 1. The molecule has 0 bridgehead atoms. The van der Waals surface area contributed by atoms with Gasteiger partial charge in [-0.3, -0.25) is 0 Å². The van der Waals surface area contributed by atoms with Crippen LogP contribution >= 0.6 is 11.6 Å². The van der Waals surface area contributed by atoms with Crippen LogP contribution in [0.2, 0.25) is 5.02 Å². The van der Waals surface area contributed by atoms with Crippen LogP contribution in [0, 0.1) is 0 Å². The van der Waals surface area contributed by atoms with Gasteiger partial charge in [-0.05, 0) is 86.0 Å². The molecule has 1 saturated heterocycles. The summed E-state index contributed by atoms with van der Waals surface area (Å²) in [5.74, 6) is 0.867. The zero-order valence-electron chi connectivity index (χ0n) is 18.6. The van der Waals surface area contributed by atoms with Crippen LogP contribution in [0.4, 0.5) is 0 Å². The highest BCUT2D eigenvalue weighted by molar-refractivity contribution is 7.91. The lowest BCUT2D eigenvalue weighted by Gasteiger charge is -2.32. The Bertz CT molecular complexity index is 1040. The molecule has 0 aromatic heterocycles. The lowest BCUT2D eigenvalue weighted by molar-refractivity contribution is 0.230. The van der Waals surface area contributed by atoms with Crippen molar-refractivity contribution in [2.24, 2.45) is 5.73 Å². The van der Waals surface area contributed by atoms with E-state index >= 15 is 0 Å². The molecule has 0 amide bonds. The van der Waals surface area contributed by atoms with E-state index in [1.165, 1.54) is 5.56 Å². The van der Waals surface area contributed by atoms with Gasteiger partial charge in [-0.15, -0.1) is 0 Å². The zero-order chi connectivity index (χ0) is 22.7. The van der Waals surface area contributed by atoms with Gasteiger partial charge >= 0.3 is 0 Å². The third-order valence-corrected chi connectivity index (χ3v) is 8.99. The molecule has 5 nitrogen and oxygen atoms in total. The number of ether oxygens (including phenoxy) is 1. The number of hydrogen-bond donors (Lipinski definition) is 2. The van der Waals surface area contributed by atoms with Gasteiger partial charge in [-0.1, -0.05) is 36.7 Å². The van der Waals surface area contributed by atoms with Gasteiger partial charge in [0.2, 0.25) is 5.44 Å². The summed E-state index contributed by atoms with van der Waals surface area (Å²) in [5, 5.41) is 4.04. The van der Waals surface area contributed by atoms with Crippen LogP contribution in [0.15, 0.2) is 42.5 Å². The first-order valence-electron chi connectivity index (χ1n) is 11.6. The number of sulfone groups is 1. The molecule has 1 heterocycles. The monoisotopic (exact) mass is 476 g/mol. The predicted octanol–water partition coefficient (Wildman–Crippen LogP) is 4.22. The lowest BCUT2D eigenvalue weighted by atomic mass is 9.76. The van der Waals surface area contributed by atoms with Crippen LogP contribution in [0.3, 0.4) is 0 Å². The quantitative estimate of drug-likeness (QED) is 0.596. The fourth-order valence-corrected chi connectivity index (χ4v) is 7.04. The van der Waals surface area contributed by atoms with Gasteiger partial charge in [0.15, 0.2) is 9.84 Å². The van der Waals surface area contributed by atoms with Crippen molar-refractivity contribution in [2.45, 2.75) is 68.9 Å². The Balaban J connectivity index is 1.63. The maximum atomic E-state index is 13.0. The highest BCUT2D eigenvalue weighted by Gasteiger charge is 2.37. The van der Waals surface area contributed by atoms with E-state index in [-0.39, 0.29) is 23.8 Å². The van der Waals surface area contributed by atoms with Crippen molar-refractivity contribution < 1.29 is 13.2 Å². The maximum Gasteiger partial charge on any atom is 0.214 e. The molecule has 3 N–H and O–H groups in total. The molecule has 4 atom stereocenters. The molecule has 7 heteroatoms. The van der Waals surface area contributed by atoms with Crippen molar-refractivity contribution in [3.8, 4) is 5.75 Å². The van der Waals surface area contributed by atoms with Crippen LogP contribution in [0.5, 0.6) is 5.75 Å². The first kappa shape index (κ1) is 23.6. The summed E-state index contributed by atoms with van der Waals surface area (Å²) < 4.78 is 32.2. The summed E-state index contributed by atoms with van der Waals surface area (Å²) in [6.07, 6.45) is 4.99. The Labute approximate surface area is 196 Å². The molecular formula is C25H33ClN2O3S. The fourth-order valence-electron chi connectivity index (χ4n) is 5.04. The minimum absolute atomic E-state index is 0.0350. The van der Waals surface area contributed by atoms with Gasteiger partial charge in [0.05, 0.1) is 11.8 Å². The maximum absolute atomic E-state index is 13.0. The molecule has 1 aliphatic carbocycles. The van der Waals surface area contributed by atoms with Gasteiger partial charge < -0.3 is 15.8 Å². The van der Waals surface area contributed by atoms with E-state index in [9.17, 15) is 8.42 Å². The van der Waals surface area contributed by atoms with Crippen molar-refractivity contribution >= 4 is 21.4 Å². The third kappa shape index (κ3) is 5.30. The molecule has 1 aliphatic heterocycles. The van der Waals surface area contributed by atoms with Crippen LogP contribution in [0.1, 0.15) is 55.2 Å². The summed E-state index contributed by atoms with van der Waals surface area (Å²) >= 11 is 6.20. The topological polar surface area (TPSA) is 81.4 Å². The first-order chi connectivity index (χ1) is 15.4. The number of aryl methyl sites for hydroxylation is 1. The number of hydrogen-bond acceptors (Lipinski definition) is 5. The second-order valence-corrected chi connectivity index (χ2v) is 11.7. The third-order valence-electron chi connectivity index (χ3n) is 6.65. The van der Waals surface area contributed by atoms with Gasteiger partial charge in [0, 0.05) is 17.0 Å². The number of nitrogens with one attached hydrogen (secondary N) is 1. The highest BCUT2D eigenvalue weighted by Crippen LogP contribution is 2.37. The lowest BCUT2D eigenvalue weighted by Crippen LogP contribution is -2.45. The second-order valence-electron chi connectivity index (χ2n) is 9.06. The Morgan fingerprint density at radius 1 is 1.22 bits per heavy atom. The molecule has 1 fully saturated rings. The van der Waals surface area contributed by atoms with Crippen LogP contribution in [0.25, 0.3) is 0 Å². The minimum Gasteiger partial charge on any atom is -0.473 e. The molecule has 0 saturated carbocycles. The Morgan fingerprint density at radius 3 is 2.78 bits per heavy atom. The van der Waals surface area contributed by atoms with Crippen molar-refractivity contribution in [2.75, 3.05) is 12.3 Å². The summed E-state index contributed by atoms with van der Waals surface area (Å²) in [4.78, 5) is 0. The van der Waals surface area contributed by atoms with E-state index in [4.69, 9.17) is 22.1 Å². The molecule has 3 unspecified atom stereocenters. The van der Waals surface area contributed by atoms with E-state index in [1.807, 2.05) is 37.3 Å². The number of benzene rings is 2. The van der Waals surface area contributed by atoms with E-state index in [0.29, 0.717) is 12.2 Å². The average molecular weight is 477 g/mol. The summed E-state index contributed by atoms with van der Waals surface area (Å²) in [6, 6.07) is 13.8. The Kier molecular flexibility index (Phi) is 7.45. The number of halogens is 1. The van der Waals surface area contributed by atoms with Gasteiger partial charge in [-0.2, -0.15) is 0 Å². The summed E-state index contributed by atoms with van der Waals surface area (Å²) in [6.45, 7) is 2.71. The molecule has 2 aromatic rings. The molecular weight excluding hydrogens is 444 g/mol. The van der Waals surface area contributed by atoms with Gasteiger partial charge in [-0.25, -0.2) is 8.42 Å². The minimum atomic E-state index is -3.38. The molecule has 2 aromatic carbocycles. The molecule has 174 valence electrons. The van der Waals surface area contributed by atoms with Gasteiger partial charge in [0.1, 0.15) is 5.75 Å².